The van der Waals surface area contributed by atoms with E-state index in [1.165, 1.54) is 6.08 Å². The van der Waals surface area contributed by atoms with E-state index < -0.39 is 17.7 Å². The molecule has 0 heterocycles. The van der Waals surface area contributed by atoms with Gasteiger partial charge in [-0.1, -0.05) is 36.4 Å². The van der Waals surface area contributed by atoms with Crippen molar-refractivity contribution in [2.45, 2.75) is 13.0 Å². The van der Waals surface area contributed by atoms with E-state index in [2.05, 4.69) is 11.9 Å². The number of carbonyl (C=O) groups is 1. The summed E-state index contributed by atoms with van der Waals surface area (Å²) < 4.78 is 32.4. The summed E-state index contributed by atoms with van der Waals surface area (Å²) in [6.07, 6.45) is 0.707. The lowest BCUT2D eigenvalue weighted by Crippen LogP contribution is -2.14. The minimum absolute atomic E-state index is 0.000809. The number of amides is 1. The van der Waals surface area contributed by atoms with E-state index in [1.807, 2.05) is 18.2 Å². The Labute approximate surface area is 127 Å². The molecule has 0 unspecified atom stereocenters. The SMILES string of the molecule is C=CCc1c(F)cc(NC(=O)OCc2ccccc2)cc1F. The van der Waals surface area contributed by atoms with Gasteiger partial charge in [0.25, 0.3) is 0 Å². The van der Waals surface area contributed by atoms with Crippen molar-refractivity contribution < 1.29 is 18.3 Å². The molecule has 2 rings (SSSR count). The third kappa shape index (κ3) is 4.15. The first-order valence-corrected chi connectivity index (χ1v) is 6.66. The van der Waals surface area contributed by atoms with Crippen LogP contribution in [0.15, 0.2) is 55.1 Å². The Morgan fingerprint density at radius 1 is 1.18 bits per heavy atom. The highest BCUT2D eigenvalue weighted by Crippen LogP contribution is 2.20. The van der Waals surface area contributed by atoms with Gasteiger partial charge in [0.2, 0.25) is 0 Å². The van der Waals surface area contributed by atoms with Crippen molar-refractivity contribution in [2.75, 3.05) is 5.32 Å². The van der Waals surface area contributed by atoms with Gasteiger partial charge in [0, 0.05) is 11.3 Å². The normalized spacial score (nSPS) is 10.1. The fourth-order valence-corrected chi connectivity index (χ4v) is 1.89. The zero-order valence-electron chi connectivity index (χ0n) is 11.8. The van der Waals surface area contributed by atoms with E-state index in [9.17, 15) is 13.6 Å². The van der Waals surface area contributed by atoms with E-state index in [4.69, 9.17) is 4.74 Å². The minimum atomic E-state index is -0.779. The molecule has 0 aromatic heterocycles. The van der Waals surface area contributed by atoms with Crippen LogP contribution in [0.1, 0.15) is 11.1 Å². The van der Waals surface area contributed by atoms with Gasteiger partial charge in [0.1, 0.15) is 18.2 Å². The van der Waals surface area contributed by atoms with Gasteiger partial charge in [-0.2, -0.15) is 0 Å². The van der Waals surface area contributed by atoms with Crippen LogP contribution in [-0.2, 0) is 17.8 Å². The van der Waals surface area contributed by atoms with Crippen LogP contribution >= 0.6 is 0 Å². The molecule has 1 N–H and O–H groups in total. The van der Waals surface area contributed by atoms with Crippen LogP contribution in [0.2, 0.25) is 0 Å². The Bertz CT molecular complexity index is 649. The highest BCUT2D eigenvalue weighted by Gasteiger charge is 2.12. The average Bonchev–Trinajstić information content (AvgIpc) is 2.50. The lowest BCUT2D eigenvalue weighted by Gasteiger charge is -2.09. The molecule has 0 atom stereocenters. The van der Waals surface area contributed by atoms with Gasteiger partial charge in [-0.25, -0.2) is 13.6 Å². The molecule has 0 bridgehead atoms. The third-order valence-corrected chi connectivity index (χ3v) is 2.95. The van der Waals surface area contributed by atoms with Crippen LogP contribution in [0.4, 0.5) is 19.3 Å². The van der Waals surface area contributed by atoms with Gasteiger partial charge in [0.05, 0.1) is 0 Å². The van der Waals surface area contributed by atoms with Crippen LogP contribution in [0.5, 0.6) is 0 Å². The second kappa shape index (κ2) is 7.36. The predicted molar refractivity (Wildman–Crippen MR) is 80.5 cm³/mol. The molecule has 0 aliphatic carbocycles. The Hall–Kier alpha value is -2.69. The first-order chi connectivity index (χ1) is 10.6. The second-order valence-corrected chi connectivity index (χ2v) is 4.60. The van der Waals surface area contributed by atoms with Crippen LogP contribution < -0.4 is 5.32 Å². The van der Waals surface area contributed by atoms with Crippen molar-refractivity contribution in [3.63, 3.8) is 0 Å². The molecule has 114 valence electrons. The summed E-state index contributed by atoms with van der Waals surface area (Å²) in [5, 5.41) is 2.30. The van der Waals surface area contributed by atoms with Crippen molar-refractivity contribution in [2.24, 2.45) is 0 Å². The number of nitrogens with one attached hydrogen (secondary N) is 1. The fourth-order valence-electron chi connectivity index (χ4n) is 1.89. The number of hydrogen-bond donors (Lipinski definition) is 1. The second-order valence-electron chi connectivity index (χ2n) is 4.60. The minimum Gasteiger partial charge on any atom is -0.444 e. The molecule has 0 fully saturated rings. The highest BCUT2D eigenvalue weighted by atomic mass is 19.1. The molecule has 2 aromatic carbocycles. The number of allylic oxidation sites excluding steroid dienone is 1. The smallest absolute Gasteiger partial charge is 0.411 e. The van der Waals surface area contributed by atoms with Gasteiger partial charge in [-0.3, -0.25) is 5.32 Å². The van der Waals surface area contributed by atoms with Crippen molar-refractivity contribution in [3.8, 4) is 0 Å². The van der Waals surface area contributed by atoms with Crippen molar-refractivity contribution >= 4 is 11.8 Å². The van der Waals surface area contributed by atoms with E-state index >= 15 is 0 Å². The Balaban J connectivity index is 1.98. The molecular weight excluding hydrogens is 288 g/mol. The maximum Gasteiger partial charge on any atom is 0.411 e. The number of rotatable bonds is 5. The van der Waals surface area contributed by atoms with Crippen molar-refractivity contribution in [1.82, 2.24) is 0 Å². The summed E-state index contributed by atoms with van der Waals surface area (Å²) in [6, 6.07) is 11.2. The number of carbonyl (C=O) groups excluding carboxylic acids is 1. The van der Waals surface area contributed by atoms with Crippen LogP contribution in [0.25, 0.3) is 0 Å². The van der Waals surface area contributed by atoms with Crippen molar-refractivity contribution in [1.29, 1.82) is 0 Å². The number of benzene rings is 2. The number of anilines is 1. The summed E-state index contributed by atoms with van der Waals surface area (Å²) in [6.45, 7) is 3.51. The lowest BCUT2D eigenvalue weighted by molar-refractivity contribution is 0.155. The van der Waals surface area contributed by atoms with Gasteiger partial charge >= 0.3 is 6.09 Å². The molecule has 0 saturated heterocycles. The first-order valence-electron chi connectivity index (χ1n) is 6.66. The number of hydrogen-bond acceptors (Lipinski definition) is 2. The monoisotopic (exact) mass is 303 g/mol. The average molecular weight is 303 g/mol. The number of ether oxygens (including phenoxy) is 1. The predicted octanol–water partition coefficient (Wildman–Crippen LogP) is 4.44. The van der Waals surface area contributed by atoms with Crippen molar-refractivity contribution in [3.05, 3.63) is 77.9 Å². The van der Waals surface area contributed by atoms with E-state index in [0.717, 1.165) is 17.7 Å². The Kier molecular flexibility index (Phi) is 5.25. The molecule has 0 saturated carbocycles. The van der Waals surface area contributed by atoms with E-state index in [0.29, 0.717) is 0 Å². The first kappa shape index (κ1) is 15.7. The zero-order valence-corrected chi connectivity index (χ0v) is 11.8. The third-order valence-electron chi connectivity index (χ3n) is 2.95. The molecule has 0 aliphatic heterocycles. The Morgan fingerprint density at radius 3 is 2.41 bits per heavy atom. The zero-order chi connectivity index (χ0) is 15.9. The molecule has 3 nitrogen and oxygen atoms in total. The van der Waals surface area contributed by atoms with Gasteiger partial charge < -0.3 is 4.74 Å². The molecule has 22 heavy (non-hydrogen) atoms. The Morgan fingerprint density at radius 2 is 1.82 bits per heavy atom. The topological polar surface area (TPSA) is 38.3 Å². The summed E-state index contributed by atoms with van der Waals surface area (Å²) in [4.78, 5) is 11.6. The number of halogens is 2. The van der Waals surface area contributed by atoms with Gasteiger partial charge in [0.15, 0.2) is 0 Å². The van der Waals surface area contributed by atoms with E-state index in [1.54, 1.807) is 12.1 Å². The van der Waals surface area contributed by atoms with Gasteiger partial charge in [-0.05, 0) is 24.1 Å². The van der Waals surface area contributed by atoms with Crippen LogP contribution in [-0.4, -0.2) is 6.09 Å². The summed E-state index contributed by atoms with van der Waals surface area (Å²) in [7, 11) is 0. The molecule has 0 radical (unpaired) electrons. The molecule has 0 aliphatic rings. The van der Waals surface area contributed by atoms with Gasteiger partial charge in [-0.15, -0.1) is 6.58 Å². The molecule has 5 heteroatoms. The lowest BCUT2D eigenvalue weighted by atomic mass is 10.1. The summed E-state index contributed by atoms with van der Waals surface area (Å²) in [5.74, 6) is -1.48. The molecular formula is C17H15F2NO2. The van der Waals surface area contributed by atoms with Crippen LogP contribution in [0.3, 0.4) is 0 Å². The maximum atomic E-state index is 13.7. The van der Waals surface area contributed by atoms with Crippen LogP contribution in [0, 0.1) is 11.6 Å². The summed E-state index contributed by atoms with van der Waals surface area (Å²) in [5.41, 5.74) is 0.732. The molecule has 0 spiro atoms. The summed E-state index contributed by atoms with van der Waals surface area (Å²) >= 11 is 0. The largest absolute Gasteiger partial charge is 0.444 e. The quantitative estimate of drug-likeness (QED) is 0.829. The fraction of sp³-hybridized carbons (Fsp3) is 0.118. The highest BCUT2D eigenvalue weighted by molar-refractivity contribution is 5.84. The van der Waals surface area contributed by atoms with E-state index in [-0.39, 0.29) is 24.3 Å². The standard InChI is InChI=1S/C17H15F2NO2/c1-2-6-14-15(18)9-13(10-16(14)19)20-17(21)22-11-12-7-4-3-5-8-12/h2-5,7-10H,1,6,11H2,(H,20,21). The maximum absolute atomic E-state index is 13.7. The molecule has 1 amide bonds. The molecule has 2 aromatic rings.